The third-order valence-electron chi connectivity index (χ3n) is 3.53. The fourth-order valence-corrected chi connectivity index (χ4v) is 2.12. The summed E-state index contributed by atoms with van der Waals surface area (Å²) in [6, 6.07) is 3.37. The maximum atomic E-state index is 12.0. The molecular weight excluding hydrogens is 216 g/mol. The van der Waals surface area contributed by atoms with E-state index in [1.807, 2.05) is 0 Å². The van der Waals surface area contributed by atoms with E-state index in [9.17, 15) is 4.79 Å². The van der Waals surface area contributed by atoms with E-state index in [0.29, 0.717) is 11.4 Å². The zero-order valence-corrected chi connectivity index (χ0v) is 9.99. The van der Waals surface area contributed by atoms with Gasteiger partial charge in [0.25, 0.3) is 5.91 Å². The molecule has 1 aliphatic rings. The topological polar surface area (TPSA) is 80.0 Å². The van der Waals surface area contributed by atoms with Crippen molar-refractivity contribution < 1.29 is 4.79 Å². The second-order valence-corrected chi connectivity index (χ2v) is 4.52. The number of hydrogen-bond donors (Lipinski definition) is 3. The minimum atomic E-state index is -0.122. The number of hydrogen-bond acceptors (Lipinski definition) is 4. The highest BCUT2D eigenvalue weighted by atomic mass is 16.2. The lowest BCUT2D eigenvalue weighted by molar-refractivity contribution is 0.0815. The van der Waals surface area contributed by atoms with Gasteiger partial charge in [0.15, 0.2) is 0 Å². The van der Waals surface area contributed by atoms with Crippen LogP contribution in [-0.4, -0.2) is 16.4 Å². The van der Waals surface area contributed by atoms with Gasteiger partial charge in [-0.25, -0.2) is 0 Å². The van der Waals surface area contributed by atoms with Crippen LogP contribution >= 0.6 is 0 Å². The second kappa shape index (κ2) is 4.71. The van der Waals surface area contributed by atoms with E-state index < -0.39 is 0 Å². The number of nitrogens with one attached hydrogen (secondary N) is 2. The summed E-state index contributed by atoms with van der Waals surface area (Å²) in [4.78, 5) is 16.1. The second-order valence-electron chi connectivity index (χ2n) is 4.52. The fourth-order valence-electron chi connectivity index (χ4n) is 2.12. The Bertz CT molecular complexity index is 409. The van der Waals surface area contributed by atoms with Gasteiger partial charge >= 0.3 is 0 Å². The van der Waals surface area contributed by atoms with E-state index in [0.717, 1.165) is 19.3 Å². The number of carbonyl (C=O) groups is 1. The van der Waals surface area contributed by atoms with Gasteiger partial charge in [-0.05, 0) is 37.8 Å². The first-order valence-corrected chi connectivity index (χ1v) is 5.94. The van der Waals surface area contributed by atoms with Gasteiger partial charge in [0, 0.05) is 11.7 Å². The number of anilines is 1. The number of rotatable bonds is 4. The number of nitrogen functional groups attached to an aromatic ring is 1. The molecule has 92 valence electrons. The number of carbonyl (C=O) groups excluding carboxylic acids is 1. The van der Waals surface area contributed by atoms with E-state index in [-0.39, 0.29) is 11.4 Å². The SMILES string of the molecule is CCC1(NC(=O)c2cc(NN)ccn2)CCC1. The Balaban J connectivity index is 2.08. The first-order chi connectivity index (χ1) is 8.19. The Hall–Kier alpha value is -1.62. The molecule has 0 spiro atoms. The molecule has 5 heteroatoms. The van der Waals surface area contributed by atoms with Gasteiger partial charge in [-0.2, -0.15) is 0 Å². The van der Waals surface area contributed by atoms with Gasteiger partial charge in [0.2, 0.25) is 0 Å². The summed E-state index contributed by atoms with van der Waals surface area (Å²) in [5.41, 5.74) is 3.59. The van der Waals surface area contributed by atoms with Crippen LogP contribution in [0.3, 0.4) is 0 Å². The smallest absolute Gasteiger partial charge is 0.270 e. The molecule has 4 N–H and O–H groups in total. The maximum absolute atomic E-state index is 12.0. The Labute approximate surface area is 101 Å². The Kier molecular flexibility index (Phi) is 3.28. The summed E-state index contributed by atoms with van der Waals surface area (Å²) in [5.74, 6) is 5.18. The maximum Gasteiger partial charge on any atom is 0.270 e. The Morgan fingerprint density at radius 1 is 1.59 bits per heavy atom. The normalized spacial score (nSPS) is 17.1. The molecule has 1 aromatic rings. The van der Waals surface area contributed by atoms with Crippen LogP contribution in [0.1, 0.15) is 43.1 Å². The molecule has 0 aliphatic heterocycles. The van der Waals surface area contributed by atoms with Crippen molar-refractivity contribution in [1.82, 2.24) is 10.3 Å². The highest BCUT2D eigenvalue weighted by Gasteiger charge is 2.36. The number of amides is 1. The number of pyridine rings is 1. The lowest BCUT2D eigenvalue weighted by Gasteiger charge is -2.41. The molecule has 1 aromatic heterocycles. The first-order valence-electron chi connectivity index (χ1n) is 5.94. The third-order valence-corrected chi connectivity index (χ3v) is 3.53. The van der Waals surface area contributed by atoms with Crippen LogP contribution in [0, 0.1) is 0 Å². The first kappa shape index (κ1) is 11.9. The van der Waals surface area contributed by atoms with Gasteiger partial charge in [-0.1, -0.05) is 6.92 Å². The highest BCUT2D eigenvalue weighted by Crippen LogP contribution is 2.34. The van der Waals surface area contributed by atoms with Crippen LogP contribution in [0.25, 0.3) is 0 Å². The molecule has 0 bridgehead atoms. The van der Waals surface area contributed by atoms with Crippen LogP contribution < -0.4 is 16.6 Å². The molecule has 0 unspecified atom stereocenters. The summed E-state index contributed by atoms with van der Waals surface area (Å²) < 4.78 is 0. The van der Waals surface area contributed by atoms with Crippen LogP contribution in [0.15, 0.2) is 18.3 Å². The zero-order chi connectivity index (χ0) is 12.3. The molecule has 0 atom stereocenters. The summed E-state index contributed by atoms with van der Waals surface area (Å²) in [6.07, 6.45) is 5.84. The molecule has 5 nitrogen and oxygen atoms in total. The van der Waals surface area contributed by atoms with Gasteiger partial charge < -0.3 is 10.7 Å². The van der Waals surface area contributed by atoms with Gasteiger partial charge in [-0.3, -0.25) is 15.6 Å². The highest BCUT2D eigenvalue weighted by molar-refractivity contribution is 5.93. The summed E-state index contributed by atoms with van der Waals surface area (Å²) in [5, 5.41) is 3.08. The van der Waals surface area contributed by atoms with Crippen LogP contribution in [0.5, 0.6) is 0 Å². The Morgan fingerprint density at radius 3 is 2.88 bits per heavy atom. The quantitative estimate of drug-likeness (QED) is 0.544. The molecule has 0 aromatic carbocycles. The molecule has 0 saturated heterocycles. The van der Waals surface area contributed by atoms with Crippen molar-refractivity contribution >= 4 is 11.6 Å². The molecule has 1 saturated carbocycles. The summed E-state index contributed by atoms with van der Waals surface area (Å²) in [7, 11) is 0. The average molecular weight is 234 g/mol. The van der Waals surface area contributed by atoms with Crippen molar-refractivity contribution in [3.63, 3.8) is 0 Å². The lowest BCUT2D eigenvalue weighted by Crippen LogP contribution is -2.53. The van der Waals surface area contributed by atoms with Crippen molar-refractivity contribution in [2.45, 2.75) is 38.1 Å². The number of nitrogens with two attached hydrogens (primary N) is 1. The summed E-state index contributed by atoms with van der Waals surface area (Å²) >= 11 is 0. The van der Waals surface area contributed by atoms with E-state index in [1.54, 1.807) is 18.3 Å². The van der Waals surface area contributed by atoms with E-state index >= 15 is 0 Å². The number of hydrazine groups is 1. The minimum Gasteiger partial charge on any atom is -0.345 e. The molecule has 1 aliphatic carbocycles. The molecule has 1 heterocycles. The van der Waals surface area contributed by atoms with Crippen LogP contribution in [0.2, 0.25) is 0 Å². The van der Waals surface area contributed by atoms with E-state index in [4.69, 9.17) is 5.84 Å². The third kappa shape index (κ3) is 2.39. The fraction of sp³-hybridized carbons (Fsp3) is 0.500. The number of nitrogens with zero attached hydrogens (tertiary/aromatic N) is 1. The van der Waals surface area contributed by atoms with Crippen molar-refractivity contribution in [2.75, 3.05) is 5.43 Å². The van der Waals surface area contributed by atoms with Crippen molar-refractivity contribution in [2.24, 2.45) is 5.84 Å². The van der Waals surface area contributed by atoms with Crippen LogP contribution in [-0.2, 0) is 0 Å². The predicted molar refractivity (Wildman–Crippen MR) is 66.4 cm³/mol. The molecule has 1 fully saturated rings. The predicted octanol–water partition coefficient (Wildman–Crippen LogP) is 1.43. The average Bonchev–Trinajstić information content (AvgIpc) is 2.33. The van der Waals surface area contributed by atoms with E-state index in [2.05, 4.69) is 22.7 Å². The molecule has 2 rings (SSSR count). The molecule has 0 radical (unpaired) electrons. The molecule has 17 heavy (non-hydrogen) atoms. The monoisotopic (exact) mass is 234 g/mol. The minimum absolute atomic E-state index is 0.00902. The number of aromatic nitrogens is 1. The van der Waals surface area contributed by atoms with E-state index in [1.165, 1.54) is 6.42 Å². The van der Waals surface area contributed by atoms with Crippen molar-refractivity contribution in [3.05, 3.63) is 24.0 Å². The van der Waals surface area contributed by atoms with Crippen molar-refractivity contribution in [1.29, 1.82) is 0 Å². The lowest BCUT2D eigenvalue weighted by atomic mass is 9.75. The van der Waals surface area contributed by atoms with Gasteiger partial charge in [0.05, 0.1) is 5.69 Å². The largest absolute Gasteiger partial charge is 0.345 e. The van der Waals surface area contributed by atoms with Crippen molar-refractivity contribution in [3.8, 4) is 0 Å². The standard InChI is InChI=1S/C12H18N4O/c1-2-12(5-3-6-12)15-11(17)10-8-9(16-13)4-7-14-10/h4,7-8H,2-3,5-6,13H2,1H3,(H,14,16)(H,15,17). The Morgan fingerprint density at radius 2 is 2.35 bits per heavy atom. The summed E-state index contributed by atoms with van der Waals surface area (Å²) in [6.45, 7) is 2.10. The van der Waals surface area contributed by atoms with Crippen LogP contribution in [0.4, 0.5) is 5.69 Å². The molecular formula is C12H18N4O. The molecule has 1 amide bonds. The van der Waals surface area contributed by atoms with Gasteiger partial charge in [0.1, 0.15) is 5.69 Å². The zero-order valence-electron chi connectivity index (χ0n) is 9.99. The van der Waals surface area contributed by atoms with Gasteiger partial charge in [-0.15, -0.1) is 0 Å².